The third-order valence-corrected chi connectivity index (χ3v) is 2.94. The van der Waals surface area contributed by atoms with Gasteiger partial charge in [-0.1, -0.05) is 13.0 Å². The number of esters is 1. The Morgan fingerprint density at radius 2 is 1.81 bits per heavy atom. The number of nitrogens with one attached hydrogen (secondary N) is 1. The topological polar surface area (TPSA) is 56.8 Å². The highest BCUT2D eigenvalue weighted by molar-refractivity contribution is 5.80. The van der Waals surface area contributed by atoms with Crippen molar-refractivity contribution >= 4 is 5.97 Å². The zero-order valence-corrected chi connectivity index (χ0v) is 13.3. The fourth-order valence-corrected chi connectivity index (χ4v) is 1.91. The van der Waals surface area contributed by atoms with E-state index in [1.165, 1.54) is 0 Å². The Labute approximate surface area is 126 Å². The summed E-state index contributed by atoms with van der Waals surface area (Å²) in [4.78, 5) is 12.1. The summed E-state index contributed by atoms with van der Waals surface area (Å²) in [6.07, 6.45) is 0. The molecule has 1 atom stereocenters. The predicted molar refractivity (Wildman–Crippen MR) is 81.8 cm³/mol. The molecule has 0 aliphatic heterocycles. The summed E-state index contributed by atoms with van der Waals surface area (Å²) >= 11 is 0. The van der Waals surface area contributed by atoms with Gasteiger partial charge >= 0.3 is 5.97 Å². The molecule has 21 heavy (non-hydrogen) atoms. The van der Waals surface area contributed by atoms with Crippen LogP contribution in [0.3, 0.4) is 0 Å². The van der Waals surface area contributed by atoms with E-state index in [4.69, 9.17) is 14.2 Å². The van der Waals surface area contributed by atoms with Crippen LogP contribution in [0.2, 0.25) is 0 Å². The summed E-state index contributed by atoms with van der Waals surface area (Å²) in [5, 5.41) is 3.12. The number of carbonyl (C=O) groups is 1. The minimum atomic E-state index is -0.869. The van der Waals surface area contributed by atoms with E-state index < -0.39 is 5.54 Å². The van der Waals surface area contributed by atoms with E-state index in [-0.39, 0.29) is 12.6 Å². The first-order chi connectivity index (χ1) is 10.1. The normalized spacial score (nSPS) is 13.3. The van der Waals surface area contributed by atoms with Crippen LogP contribution >= 0.6 is 0 Å². The summed E-state index contributed by atoms with van der Waals surface area (Å²) in [6.45, 7) is 9.22. The van der Waals surface area contributed by atoms with E-state index in [1.54, 1.807) is 19.9 Å². The van der Waals surface area contributed by atoms with Gasteiger partial charge in [-0.2, -0.15) is 0 Å². The Morgan fingerprint density at radius 1 is 1.14 bits per heavy atom. The third kappa shape index (κ3) is 5.27. The van der Waals surface area contributed by atoms with Crippen molar-refractivity contribution in [2.45, 2.75) is 33.2 Å². The van der Waals surface area contributed by atoms with Crippen LogP contribution in [0.25, 0.3) is 0 Å². The van der Waals surface area contributed by atoms with E-state index >= 15 is 0 Å². The lowest BCUT2D eigenvalue weighted by molar-refractivity contribution is -0.151. The van der Waals surface area contributed by atoms with Crippen molar-refractivity contribution in [1.82, 2.24) is 5.32 Å². The predicted octanol–water partition coefficient (Wildman–Crippen LogP) is 2.40. The van der Waals surface area contributed by atoms with Crippen LogP contribution < -0.4 is 14.8 Å². The first-order valence-corrected chi connectivity index (χ1v) is 7.33. The molecule has 0 spiro atoms. The second-order valence-corrected chi connectivity index (χ2v) is 4.78. The van der Waals surface area contributed by atoms with E-state index in [0.29, 0.717) is 25.5 Å². The molecule has 0 bridgehead atoms. The zero-order valence-electron chi connectivity index (χ0n) is 13.3. The van der Waals surface area contributed by atoms with Crippen molar-refractivity contribution in [3.05, 3.63) is 24.3 Å². The minimum absolute atomic E-state index is 0.190. The highest BCUT2D eigenvalue weighted by atomic mass is 16.5. The first-order valence-electron chi connectivity index (χ1n) is 7.33. The van der Waals surface area contributed by atoms with Crippen LogP contribution in [0.5, 0.6) is 11.5 Å². The lowest BCUT2D eigenvalue weighted by Crippen LogP contribution is -2.54. The largest absolute Gasteiger partial charge is 0.494 e. The van der Waals surface area contributed by atoms with Gasteiger partial charge in [0, 0.05) is 6.07 Å². The average molecular weight is 295 g/mol. The van der Waals surface area contributed by atoms with Gasteiger partial charge in [0.15, 0.2) is 0 Å². The number of hydrogen-bond acceptors (Lipinski definition) is 5. The summed E-state index contributed by atoms with van der Waals surface area (Å²) in [5.41, 5.74) is -0.869. The van der Waals surface area contributed by atoms with Gasteiger partial charge in [-0.3, -0.25) is 5.32 Å². The summed E-state index contributed by atoms with van der Waals surface area (Å²) in [7, 11) is 0. The Bertz CT molecular complexity index is 450. The van der Waals surface area contributed by atoms with E-state index in [2.05, 4.69) is 5.32 Å². The fourth-order valence-electron chi connectivity index (χ4n) is 1.91. The van der Waals surface area contributed by atoms with Gasteiger partial charge in [0.2, 0.25) is 0 Å². The van der Waals surface area contributed by atoms with Crippen molar-refractivity contribution in [3.8, 4) is 11.5 Å². The zero-order chi connectivity index (χ0) is 15.7. The van der Waals surface area contributed by atoms with Gasteiger partial charge in [-0.15, -0.1) is 0 Å². The van der Waals surface area contributed by atoms with Crippen molar-refractivity contribution < 1.29 is 19.0 Å². The molecule has 118 valence electrons. The Balaban J connectivity index is 2.72. The molecule has 0 aliphatic rings. The van der Waals surface area contributed by atoms with Crippen molar-refractivity contribution in [2.75, 3.05) is 26.4 Å². The first kappa shape index (κ1) is 17.3. The second-order valence-electron chi connectivity index (χ2n) is 4.78. The molecule has 5 heteroatoms. The van der Waals surface area contributed by atoms with Crippen LogP contribution in [0, 0.1) is 0 Å². The SMILES string of the molecule is CCNC(C)(COc1cccc(OCC)c1)C(=O)OCC. The van der Waals surface area contributed by atoms with Crippen LogP contribution in [0.4, 0.5) is 0 Å². The maximum atomic E-state index is 12.1. The number of carbonyl (C=O) groups excluding carboxylic acids is 1. The maximum Gasteiger partial charge on any atom is 0.329 e. The van der Waals surface area contributed by atoms with Gasteiger partial charge in [-0.05, 0) is 39.4 Å². The molecular weight excluding hydrogens is 270 g/mol. The van der Waals surface area contributed by atoms with Gasteiger partial charge in [0.1, 0.15) is 23.6 Å². The minimum Gasteiger partial charge on any atom is -0.494 e. The molecule has 0 heterocycles. The summed E-state index contributed by atoms with van der Waals surface area (Å²) < 4.78 is 16.3. The number of rotatable bonds is 9. The number of hydrogen-bond donors (Lipinski definition) is 1. The Hall–Kier alpha value is -1.75. The molecule has 0 fully saturated rings. The van der Waals surface area contributed by atoms with Crippen LogP contribution in [0.15, 0.2) is 24.3 Å². The molecule has 5 nitrogen and oxygen atoms in total. The van der Waals surface area contributed by atoms with Crippen molar-refractivity contribution in [3.63, 3.8) is 0 Å². The smallest absolute Gasteiger partial charge is 0.329 e. The second kappa shape index (κ2) is 8.52. The lowest BCUT2D eigenvalue weighted by Gasteiger charge is -2.28. The van der Waals surface area contributed by atoms with Crippen LogP contribution in [-0.4, -0.2) is 37.9 Å². The molecular formula is C16H25NO4. The molecule has 0 radical (unpaired) electrons. The quantitative estimate of drug-likeness (QED) is 0.709. The molecule has 1 rings (SSSR count). The lowest BCUT2D eigenvalue weighted by atomic mass is 10.0. The van der Waals surface area contributed by atoms with Crippen molar-refractivity contribution in [2.24, 2.45) is 0 Å². The van der Waals surface area contributed by atoms with Crippen LogP contribution in [-0.2, 0) is 9.53 Å². The number of likely N-dealkylation sites (N-methyl/N-ethyl adjacent to an activating group) is 1. The van der Waals surface area contributed by atoms with E-state index in [1.807, 2.05) is 32.0 Å². The van der Waals surface area contributed by atoms with E-state index in [0.717, 1.165) is 5.75 Å². The molecule has 0 saturated heterocycles. The maximum absolute atomic E-state index is 12.1. The molecule has 1 aromatic carbocycles. The molecule has 0 amide bonds. The molecule has 1 N–H and O–H groups in total. The molecule has 0 aromatic heterocycles. The Morgan fingerprint density at radius 3 is 2.38 bits per heavy atom. The summed E-state index contributed by atoms with van der Waals surface area (Å²) in [6, 6.07) is 7.36. The highest BCUT2D eigenvalue weighted by Crippen LogP contribution is 2.20. The van der Waals surface area contributed by atoms with Crippen LogP contribution in [0.1, 0.15) is 27.7 Å². The van der Waals surface area contributed by atoms with Gasteiger partial charge < -0.3 is 14.2 Å². The standard InChI is InChI=1S/C16H25NO4/c1-5-17-16(4,15(18)20-7-3)12-21-14-10-8-9-13(11-14)19-6-2/h8-11,17H,5-7,12H2,1-4H3. The molecule has 0 aliphatic carbocycles. The summed E-state index contributed by atoms with van der Waals surface area (Å²) in [5.74, 6) is 1.10. The van der Waals surface area contributed by atoms with Crippen molar-refractivity contribution in [1.29, 1.82) is 0 Å². The van der Waals surface area contributed by atoms with Gasteiger partial charge in [0.05, 0.1) is 13.2 Å². The molecule has 1 unspecified atom stereocenters. The van der Waals surface area contributed by atoms with E-state index in [9.17, 15) is 4.79 Å². The monoisotopic (exact) mass is 295 g/mol. The fraction of sp³-hybridized carbons (Fsp3) is 0.562. The Kier molecular flexibility index (Phi) is 7.02. The third-order valence-electron chi connectivity index (χ3n) is 2.94. The number of ether oxygens (including phenoxy) is 3. The highest BCUT2D eigenvalue weighted by Gasteiger charge is 2.35. The van der Waals surface area contributed by atoms with Gasteiger partial charge in [-0.25, -0.2) is 4.79 Å². The average Bonchev–Trinajstić information content (AvgIpc) is 2.46. The van der Waals surface area contributed by atoms with Gasteiger partial charge in [0.25, 0.3) is 0 Å². The molecule has 1 aromatic rings. The number of benzene rings is 1. The molecule has 0 saturated carbocycles.